The molecule has 0 bridgehead atoms. The number of aromatic nitrogens is 3. The Labute approximate surface area is 153 Å². The van der Waals surface area contributed by atoms with Crippen molar-refractivity contribution in [3.05, 3.63) is 70.2 Å². The van der Waals surface area contributed by atoms with Gasteiger partial charge in [-0.1, -0.05) is 18.7 Å². The van der Waals surface area contributed by atoms with E-state index in [1.807, 2.05) is 25.1 Å². The van der Waals surface area contributed by atoms with Gasteiger partial charge in [0.05, 0.1) is 11.2 Å². The van der Waals surface area contributed by atoms with Crippen molar-refractivity contribution in [2.45, 2.75) is 18.1 Å². The predicted molar refractivity (Wildman–Crippen MR) is 98.0 cm³/mol. The van der Waals surface area contributed by atoms with Crippen molar-refractivity contribution < 1.29 is 9.34 Å². The van der Waals surface area contributed by atoms with Gasteiger partial charge in [-0.05, 0) is 41.7 Å². The van der Waals surface area contributed by atoms with E-state index in [1.54, 1.807) is 34.8 Å². The molecule has 1 aliphatic rings. The van der Waals surface area contributed by atoms with Crippen molar-refractivity contribution in [1.29, 1.82) is 0 Å². The molecular weight excluding hydrogens is 354 g/mol. The Morgan fingerprint density at radius 1 is 1.35 bits per heavy atom. The highest BCUT2D eigenvalue weighted by Crippen LogP contribution is 2.34. The number of hydrogen-bond acceptors (Lipinski definition) is 7. The van der Waals surface area contributed by atoms with Crippen molar-refractivity contribution in [1.82, 2.24) is 14.8 Å². The molecule has 132 valence electrons. The molecule has 1 atom stereocenters. The van der Waals surface area contributed by atoms with Gasteiger partial charge < -0.3 is 9.73 Å². The highest BCUT2D eigenvalue weighted by Gasteiger charge is 2.27. The van der Waals surface area contributed by atoms with Crippen LogP contribution < -0.4 is 5.32 Å². The molecule has 0 spiro atoms. The van der Waals surface area contributed by atoms with Gasteiger partial charge in [0, 0.05) is 17.8 Å². The van der Waals surface area contributed by atoms with Crippen LogP contribution in [0.15, 0.2) is 58.3 Å². The first-order valence-corrected chi connectivity index (χ1v) is 9.00. The molecule has 26 heavy (non-hydrogen) atoms. The van der Waals surface area contributed by atoms with Crippen LogP contribution in [-0.4, -0.2) is 25.4 Å². The third-order valence-corrected chi connectivity index (χ3v) is 4.66. The molecule has 0 aliphatic carbocycles. The molecule has 0 unspecified atom stereocenters. The maximum absolute atomic E-state index is 10.9. The molecule has 0 amide bonds. The summed E-state index contributed by atoms with van der Waals surface area (Å²) in [6, 6.07) is 9.86. The summed E-state index contributed by atoms with van der Waals surface area (Å²) in [5.74, 6) is 2.22. The minimum Gasteiger partial charge on any atom is -0.467 e. The summed E-state index contributed by atoms with van der Waals surface area (Å²) in [6.45, 7) is 2.04. The van der Waals surface area contributed by atoms with Crippen LogP contribution in [0.25, 0.3) is 5.70 Å². The topological polar surface area (TPSA) is 99.0 Å². The number of nitrogens with zero attached hydrogens (tertiary/aromatic N) is 4. The van der Waals surface area contributed by atoms with E-state index in [1.165, 1.54) is 12.1 Å². The molecule has 1 aromatic carbocycles. The smallest absolute Gasteiger partial charge is 0.269 e. The predicted octanol–water partition coefficient (Wildman–Crippen LogP) is 3.95. The summed E-state index contributed by atoms with van der Waals surface area (Å²) in [7, 11) is 0. The van der Waals surface area contributed by atoms with E-state index in [0.29, 0.717) is 11.1 Å². The number of rotatable bonds is 5. The number of hydrogen-bond donors (Lipinski definition) is 1. The number of nitrogens with one attached hydrogen (secondary N) is 1. The summed E-state index contributed by atoms with van der Waals surface area (Å²) < 4.78 is 7.36. The number of furan rings is 1. The molecule has 4 rings (SSSR count). The second-order valence-electron chi connectivity index (χ2n) is 5.57. The quantitative estimate of drug-likeness (QED) is 0.413. The van der Waals surface area contributed by atoms with Crippen LogP contribution >= 0.6 is 11.8 Å². The van der Waals surface area contributed by atoms with E-state index in [2.05, 4.69) is 15.4 Å². The van der Waals surface area contributed by atoms with Crippen LogP contribution in [0.4, 0.5) is 11.6 Å². The van der Waals surface area contributed by atoms with E-state index in [-0.39, 0.29) is 11.7 Å². The lowest BCUT2D eigenvalue weighted by atomic mass is 10.1. The zero-order chi connectivity index (χ0) is 18.1. The number of anilines is 1. The fourth-order valence-corrected chi connectivity index (χ4v) is 3.31. The van der Waals surface area contributed by atoms with Crippen LogP contribution in [0.3, 0.4) is 0 Å². The second-order valence-corrected chi connectivity index (χ2v) is 6.80. The molecule has 0 fully saturated rings. The molecule has 0 radical (unpaired) electrons. The maximum atomic E-state index is 10.9. The standard InChI is InChI=1S/C17H15N5O3S/c1-2-26-17-19-16-18-13(11-5-7-12(8-6-11)22(23)24)10-14(21(16)20-17)15-4-3-9-25-15/h3-10,14H,2H2,1H3,(H,18,19,20)/t14-/m0/s1. The van der Waals surface area contributed by atoms with Crippen LogP contribution in [0, 0.1) is 10.1 Å². The number of benzene rings is 1. The molecule has 8 nitrogen and oxygen atoms in total. The monoisotopic (exact) mass is 369 g/mol. The second kappa shape index (κ2) is 6.68. The SMILES string of the molecule is CCSc1nc2n(n1)[C@H](c1ccco1)C=C(c1ccc([N+](=O)[O-])cc1)N2. The number of fused-ring (bicyclic) bond motifs is 1. The summed E-state index contributed by atoms with van der Waals surface area (Å²) >= 11 is 1.56. The van der Waals surface area contributed by atoms with Crippen molar-refractivity contribution in [3.8, 4) is 0 Å². The van der Waals surface area contributed by atoms with Crippen molar-refractivity contribution in [3.63, 3.8) is 0 Å². The Balaban J connectivity index is 1.74. The fourth-order valence-electron chi connectivity index (χ4n) is 2.76. The van der Waals surface area contributed by atoms with Gasteiger partial charge in [-0.15, -0.1) is 5.10 Å². The van der Waals surface area contributed by atoms with E-state index >= 15 is 0 Å². The molecule has 3 aromatic rings. The van der Waals surface area contributed by atoms with E-state index in [0.717, 1.165) is 22.8 Å². The van der Waals surface area contributed by atoms with E-state index in [4.69, 9.17) is 4.42 Å². The van der Waals surface area contributed by atoms with Crippen molar-refractivity contribution in [2.24, 2.45) is 0 Å². The van der Waals surface area contributed by atoms with Crippen LogP contribution in [0.1, 0.15) is 24.3 Å². The van der Waals surface area contributed by atoms with Crippen molar-refractivity contribution in [2.75, 3.05) is 11.1 Å². The first-order chi connectivity index (χ1) is 12.7. The zero-order valence-electron chi connectivity index (χ0n) is 13.8. The highest BCUT2D eigenvalue weighted by molar-refractivity contribution is 7.99. The Hall–Kier alpha value is -3.07. The average molecular weight is 369 g/mol. The summed E-state index contributed by atoms with van der Waals surface area (Å²) in [6.07, 6.45) is 3.59. The molecule has 3 heterocycles. The number of non-ortho nitro benzene ring substituents is 1. The van der Waals surface area contributed by atoms with Gasteiger partial charge in [0.15, 0.2) is 0 Å². The van der Waals surface area contributed by atoms with Gasteiger partial charge in [-0.2, -0.15) is 4.98 Å². The first-order valence-electron chi connectivity index (χ1n) is 8.02. The summed E-state index contributed by atoms with van der Waals surface area (Å²) in [4.78, 5) is 15.0. The molecule has 1 N–H and O–H groups in total. The fraction of sp³-hybridized carbons (Fsp3) is 0.176. The third kappa shape index (κ3) is 2.97. The maximum Gasteiger partial charge on any atom is 0.269 e. The van der Waals surface area contributed by atoms with Gasteiger partial charge in [0.25, 0.3) is 5.69 Å². The zero-order valence-corrected chi connectivity index (χ0v) is 14.6. The van der Waals surface area contributed by atoms with Crippen LogP contribution in [-0.2, 0) is 0 Å². The minimum atomic E-state index is -0.414. The molecule has 9 heteroatoms. The van der Waals surface area contributed by atoms with Crippen molar-refractivity contribution >= 4 is 29.1 Å². The Morgan fingerprint density at radius 2 is 2.15 bits per heavy atom. The molecule has 1 aliphatic heterocycles. The molecule has 0 saturated heterocycles. The van der Waals surface area contributed by atoms with Crippen LogP contribution in [0.2, 0.25) is 0 Å². The summed E-state index contributed by atoms with van der Waals surface area (Å²) in [5.41, 5.74) is 1.68. The Bertz CT molecular complexity index is 963. The summed E-state index contributed by atoms with van der Waals surface area (Å²) in [5, 5.41) is 19.4. The van der Waals surface area contributed by atoms with Gasteiger partial charge in [0.2, 0.25) is 11.1 Å². The number of thioether (sulfide) groups is 1. The Kier molecular flexibility index (Phi) is 4.21. The molecular formula is C17H15N5O3S. The van der Waals surface area contributed by atoms with E-state index in [9.17, 15) is 10.1 Å². The number of allylic oxidation sites excluding steroid dienone is 1. The van der Waals surface area contributed by atoms with Gasteiger partial charge in [-0.25, -0.2) is 4.68 Å². The third-order valence-electron chi connectivity index (χ3n) is 3.94. The lowest BCUT2D eigenvalue weighted by molar-refractivity contribution is -0.384. The lowest BCUT2D eigenvalue weighted by Crippen LogP contribution is -2.19. The van der Waals surface area contributed by atoms with Crippen LogP contribution in [0.5, 0.6) is 0 Å². The molecule has 0 saturated carbocycles. The average Bonchev–Trinajstić information content (AvgIpc) is 3.30. The Morgan fingerprint density at radius 3 is 2.81 bits per heavy atom. The number of nitro benzene ring substituents is 1. The normalized spacial score (nSPS) is 15.9. The number of nitro groups is 1. The first kappa shape index (κ1) is 16.4. The molecule has 2 aromatic heterocycles. The largest absolute Gasteiger partial charge is 0.467 e. The highest BCUT2D eigenvalue weighted by atomic mass is 32.2. The van der Waals surface area contributed by atoms with E-state index < -0.39 is 4.92 Å². The van der Waals surface area contributed by atoms with Gasteiger partial charge in [-0.3, -0.25) is 10.1 Å². The van der Waals surface area contributed by atoms with Gasteiger partial charge >= 0.3 is 0 Å². The van der Waals surface area contributed by atoms with Gasteiger partial charge in [0.1, 0.15) is 11.8 Å². The minimum absolute atomic E-state index is 0.0533. The lowest BCUT2D eigenvalue weighted by Gasteiger charge is -2.22.